The molecule has 2 aromatic carbocycles. The molecule has 220 valence electrons. The van der Waals surface area contributed by atoms with E-state index in [0.717, 1.165) is 40.5 Å². The molecular formula is C31H39N3O6S. The van der Waals surface area contributed by atoms with Crippen molar-refractivity contribution >= 4 is 16.1 Å². The molecule has 1 aromatic heterocycles. The largest absolute Gasteiger partial charge is 0.497 e. The van der Waals surface area contributed by atoms with E-state index >= 15 is 0 Å². The standard InChI is InChI=1S/C31H39N3O6S/c1-3-31(36,34(23-26-12-7-8-13-26)41(37,38)29-17-15-28(39-2)16-18-29)33(21-19-25-10-5-4-6-11-25)30(35)40-24-27-14-9-20-32-22-27/h4-6,9-11,14-18,20,22,26,36H,3,7-8,12-13,19,21,23-24H2,1-2H3/t31-/m0/s1. The number of carbonyl (C=O) groups excluding carboxylic acids is 1. The Kier molecular flexibility index (Phi) is 10.4. The second-order valence-electron chi connectivity index (χ2n) is 10.3. The maximum Gasteiger partial charge on any atom is 0.413 e. The number of aliphatic hydroxyl groups is 1. The lowest BCUT2D eigenvalue weighted by Crippen LogP contribution is -2.65. The number of amides is 1. The van der Waals surface area contributed by atoms with Crippen LogP contribution >= 0.6 is 0 Å². The smallest absolute Gasteiger partial charge is 0.413 e. The van der Waals surface area contributed by atoms with Crippen LogP contribution in [0.4, 0.5) is 4.79 Å². The van der Waals surface area contributed by atoms with Gasteiger partial charge < -0.3 is 14.6 Å². The fourth-order valence-corrected chi connectivity index (χ4v) is 7.00. The van der Waals surface area contributed by atoms with Crippen LogP contribution in [0.2, 0.25) is 0 Å². The van der Waals surface area contributed by atoms with Gasteiger partial charge in [0.25, 0.3) is 0 Å². The molecule has 1 heterocycles. The summed E-state index contributed by atoms with van der Waals surface area (Å²) >= 11 is 0. The Morgan fingerprint density at radius 1 is 1.02 bits per heavy atom. The normalized spacial score (nSPS) is 15.4. The zero-order valence-electron chi connectivity index (χ0n) is 23.7. The van der Waals surface area contributed by atoms with Crippen LogP contribution in [0.15, 0.2) is 84.0 Å². The van der Waals surface area contributed by atoms with Crippen molar-refractivity contribution in [3.05, 3.63) is 90.3 Å². The molecule has 0 radical (unpaired) electrons. The van der Waals surface area contributed by atoms with Crippen molar-refractivity contribution in [2.45, 2.75) is 62.8 Å². The Morgan fingerprint density at radius 2 is 1.71 bits per heavy atom. The molecule has 1 aliphatic carbocycles. The molecule has 9 nitrogen and oxygen atoms in total. The van der Waals surface area contributed by atoms with Gasteiger partial charge in [-0.05, 0) is 61.1 Å². The highest BCUT2D eigenvalue weighted by Gasteiger charge is 2.49. The number of sulfonamides is 1. The van der Waals surface area contributed by atoms with Crippen molar-refractivity contribution < 1.29 is 27.8 Å². The molecule has 41 heavy (non-hydrogen) atoms. The van der Waals surface area contributed by atoms with Crippen LogP contribution in [-0.4, -0.2) is 59.9 Å². The van der Waals surface area contributed by atoms with E-state index in [4.69, 9.17) is 9.47 Å². The average Bonchev–Trinajstić information content (AvgIpc) is 3.53. The van der Waals surface area contributed by atoms with E-state index in [2.05, 4.69) is 4.98 Å². The molecule has 1 aliphatic rings. The molecule has 1 amide bonds. The molecular weight excluding hydrogens is 542 g/mol. The Labute approximate surface area is 242 Å². The third-order valence-electron chi connectivity index (χ3n) is 7.62. The number of hydrogen-bond acceptors (Lipinski definition) is 7. The zero-order valence-corrected chi connectivity index (χ0v) is 24.5. The SMILES string of the molecule is CC[C@](O)(N(CCc1ccccc1)C(=O)OCc1cccnc1)N(CC1CCCC1)S(=O)(=O)c1ccc(OC)cc1. The minimum atomic E-state index is -4.24. The number of methoxy groups -OCH3 is 1. The Balaban J connectivity index is 1.72. The fourth-order valence-electron chi connectivity index (χ4n) is 5.25. The molecule has 10 heteroatoms. The number of hydrogen-bond donors (Lipinski definition) is 1. The first-order chi connectivity index (χ1) is 19.8. The highest BCUT2D eigenvalue weighted by atomic mass is 32.2. The monoisotopic (exact) mass is 581 g/mol. The summed E-state index contributed by atoms with van der Waals surface area (Å²) in [6.45, 7) is 1.73. The summed E-state index contributed by atoms with van der Waals surface area (Å²) in [4.78, 5) is 18.9. The van der Waals surface area contributed by atoms with Crippen molar-refractivity contribution in [2.24, 2.45) is 5.92 Å². The maximum absolute atomic E-state index is 14.2. The number of carbonyl (C=O) groups is 1. The van der Waals surface area contributed by atoms with E-state index < -0.39 is 22.0 Å². The van der Waals surface area contributed by atoms with E-state index in [1.165, 1.54) is 19.2 Å². The maximum atomic E-state index is 14.2. The van der Waals surface area contributed by atoms with Gasteiger partial charge >= 0.3 is 6.09 Å². The highest BCUT2D eigenvalue weighted by molar-refractivity contribution is 7.89. The van der Waals surface area contributed by atoms with Gasteiger partial charge in [0.1, 0.15) is 12.4 Å². The zero-order chi connectivity index (χ0) is 29.3. The number of ether oxygens (including phenoxy) is 2. The lowest BCUT2D eigenvalue weighted by Gasteiger charge is -2.45. The quantitative estimate of drug-likeness (QED) is 0.276. The van der Waals surface area contributed by atoms with Gasteiger partial charge in [0, 0.05) is 37.5 Å². The minimum Gasteiger partial charge on any atom is -0.497 e. The average molecular weight is 582 g/mol. The molecule has 0 aliphatic heterocycles. The first-order valence-electron chi connectivity index (χ1n) is 14.0. The van der Waals surface area contributed by atoms with Gasteiger partial charge in [-0.15, -0.1) is 4.31 Å². The van der Waals surface area contributed by atoms with Crippen LogP contribution in [0.1, 0.15) is 50.2 Å². The van der Waals surface area contributed by atoms with Gasteiger partial charge in [-0.1, -0.05) is 56.2 Å². The summed E-state index contributed by atoms with van der Waals surface area (Å²) in [5, 5.41) is 12.4. The Hall–Kier alpha value is -3.47. The summed E-state index contributed by atoms with van der Waals surface area (Å²) in [5.74, 6) is -1.61. The summed E-state index contributed by atoms with van der Waals surface area (Å²) in [7, 11) is -2.74. The van der Waals surface area contributed by atoms with Gasteiger partial charge in [0.2, 0.25) is 15.9 Å². The minimum absolute atomic E-state index is 0.00917. The fraction of sp³-hybridized carbons (Fsp3) is 0.419. The first-order valence-corrected chi connectivity index (χ1v) is 15.5. The third-order valence-corrected chi connectivity index (χ3v) is 9.51. The topological polar surface area (TPSA) is 109 Å². The lowest BCUT2D eigenvalue weighted by atomic mass is 10.1. The summed E-state index contributed by atoms with van der Waals surface area (Å²) in [6.07, 6.45) is 6.43. The van der Waals surface area contributed by atoms with E-state index in [1.54, 1.807) is 43.6 Å². The van der Waals surface area contributed by atoms with Crippen molar-refractivity contribution in [1.29, 1.82) is 0 Å². The van der Waals surface area contributed by atoms with Gasteiger partial charge in [-0.25, -0.2) is 13.2 Å². The molecule has 1 atom stereocenters. The molecule has 0 spiro atoms. The predicted molar refractivity (Wildman–Crippen MR) is 155 cm³/mol. The van der Waals surface area contributed by atoms with Crippen molar-refractivity contribution in [1.82, 2.24) is 14.2 Å². The van der Waals surface area contributed by atoms with Crippen LogP contribution in [-0.2, 0) is 27.8 Å². The Morgan fingerprint density at radius 3 is 2.32 bits per heavy atom. The van der Waals surface area contributed by atoms with E-state index in [1.807, 2.05) is 30.3 Å². The van der Waals surface area contributed by atoms with Crippen LogP contribution in [0.25, 0.3) is 0 Å². The van der Waals surface area contributed by atoms with E-state index in [0.29, 0.717) is 17.7 Å². The van der Waals surface area contributed by atoms with E-state index in [9.17, 15) is 18.3 Å². The summed E-state index contributed by atoms with van der Waals surface area (Å²) in [6, 6.07) is 19.1. The van der Waals surface area contributed by atoms with Gasteiger partial charge in [0.15, 0.2) is 0 Å². The van der Waals surface area contributed by atoms with Crippen LogP contribution in [0.5, 0.6) is 5.75 Å². The van der Waals surface area contributed by atoms with Gasteiger partial charge in [0.05, 0.1) is 12.0 Å². The van der Waals surface area contributed by atoms with Crippen LogP contribution < -0.4 is 4.74 Å². The van der Waals surface area contributed by atoms with Crippen molar-refractivity contribution in [3.63, 3.8) is 0 Å². The van der Waals surface area contributed by atoms with E-state index in [-0.39, 0.29) is 36.9 Å². The number of benzene rings is 2. The van der Waals surface area contributed by atoms with Gasteiger partial charge in [-0.2, -0.15) is 0 Å². The Bertz CT molecular complexity index is 1350. The highest BCUT2D eigenvalue weighted by Crippen LogP contribution is 2.35. The number of pyridine rings is 1. The van der Waals surface area contributed by atoms with Crippen molar-refractivity contribution in [2.75, 3.05) is 20.2 Å². The molecule has 1 fully saturated rings. The summed E-state index contributed by atoms with van der Waals surface area (Å²) in [5.41, 5.74) is 1.62. The second-order valence-corrected chi connectivity index (χ2v) is 12.2. The molecule has 4 rings (SSSR count). The predicted octanol–water partition coefficient (Wildman–Crippen LogP) is 5.21. The van der Waals surface area contributed by atoms with Crippen LogP contribution in [0, 0.1) is 5.92 Å². The first kappa shape index (κ1) is 30.5. The van der Waals surface area contributed by atoms with Gasteiger partial charge in [-0.3, -0.25) is 9.88 Å². The van der Waals surface area contributed by atoms with Crippen LogP contribution in [0.3, 0.4) is 0 Å². The molecule has 3 aromatic rings. The van der Waals surface area contributed by atoms with Crippen molar-refractivity contribution in [3.8, 4) is 5.75 Å². The molecule has 1 saturated carbocycles. The molecule has 1 N–H and O–H groups in total. The lowest BCUT2D eigenvalue weighted by molar-refractivity contribution is -0.174. The number of aromatic nitrogens is 1. The number of rotatable bonds is 13. The molecule has 0 unspecified atom stereocenters. The second kappa shape index (κ2) is 13.9. The molecule has 0 saturated heterocycles. The molecule has 0 bridgehead atoms. The number of nitrogens with zero attached hydrogens (tertiary/aromatic N) is 3. The third kappa shape index (κ3) is 7.44. The summed E-state index contributed by atoms with van der Waals surface area (Å²) < 4.78 is 40.5.